The SMILES string of the molecule is CC(C)(C)OC(=O)C1(S(=O)(=O)c2ccc(-c3ccc(CCCC(F)F)cc3)cc2)CCOCC1.O=C(NOC1CCCCO1)C1(S(=O)(=O)c2ccc(-c3ccc(CCCC(F)F)cc3)cc2)CCOCC1. The second-order valence-electron chi connectivity index (χ2n) is 19.1. The highest BCUT2D eigenvalue weighted by Gasteiger charge is 2.55. The maximum atomic E-state index is 13.8. The minimum atomic E-state index is -4.07. The molecule has 1 N–H and O–H groups in total. The number of hydrogen-bond donors (Lipinski definition) is 1. The Kier molecular flexibility index (Phi) is 19.4. The molecule has 0 aromatic heterocycles. The van der Waals surface area contributed by atoms with E-state index in [2.05, 4.69) is 5.48 Å². The number of nitrogens with one attached hydrogen (secondary N) is 1. The van der Waals surface area contributed by atoms with Crippen molar-refractivity contribution in [2.24, 2.45) is 0 Å². The lowest BCUT2D eigenvalue weighted by molar-refractivity contribution is -0.202. The summed E-state index contributed by atoms with van der Waals surface area (Å²) in [6.07, 6.45) is -0.832. The molecule has 4 aromatic rings. The van der Waals surface area contributed by atoms with E-state index in [1.165, 1.54) is 24.3 Å². The summed E-state index contributed by atoms with van der Waals surface area (Å²) in [5.41, 5.74) is 6.88. The van der Waals surface area contributed by atoms with Gasteiger partial charge in [0, 0.05) is 65.1 Å². The molecular formula is C53H65F4NO11S2. The summed E-state index contributed by atoms with van der Waals surface area (Å²) in [7, 11) is -8.11. The van der Waals surface area contributed by atoms with Crippen LogP contribution < -0.4 is 5.48 Å². The van der Waals surface area contributed by atoms with Crippen molar-refractivity contribution in [1.29, 1.82) is 0 Å². The van der Waals surface area contributed by atoms with Gasteiger partial charge in [-0.2, -0.15) is 0 Å². The largest absolute Gasteiger partial charge is 0.459 e. The maximum absolute atomic E-state index is 13.8. The van der Waals surface area contributed by atoms with Crippen LogP contribution in [-0.2, 0) is 65.9 Å². The van der Waals surface area contributed by atoms with Crippen molar-refractivity contribution in [3.8, 4) is 22.3 Å². The minimum absolute atomic E-state index is 0.0187. The second-order valence-corrected chi connectivity index (χ2v) is 23.6. The van der Waals surface area contributed by atoms with Crippen LogP contribution in [0.2, 0.25) is 0 Å². The van der Waals surface area contributed by atoms with Crippen molar-refractivity contribution in [2.45, 2.75) is 148 Å². The van der Waals surface area contributed by atoms with Gasteiger partial charge in [-0.3, -0.25) is 9.59 Å². The molecule has 0 bridgehead atoms. The van der Waals surface area contributed by atoms with Crippen LogP contribution >= 0.6 is 0 Å². The fourth-order valence-electron chi connectivity index (χ4n) is 8.74. The first kappa shape index (κ1) is 55.6. The normalized spacial score (nSPS) is 18.3. The molecule has 12 nitrogen and oxygen atoms in total. The van der Waals surface area contributed by atoms with Gasteiger partial charge in [-0.05, 0) is 130 Å². The first-order valence-electron chi connectivity index (χ1n) is 24.2. The Hall–Kier alpha value is -4.72. The van der Waals surface area contributed by atoms with E-state index in [9.17, 15) is 44.0 Å². The quantitative estimate of drug-likeness (QED) is 0.0574. The number of ether oxygens (including phenoxy) is 4. The molecule has 0 spiro atoms. The lowest BCUT2D eigenvalue weighted by Crippen LogP contribution is -2.56. The number of amides is 1. The second kappa shape index (κ2) is 24.8. The standard InChI is InChI=1S/C27H33F2NO6S.C26H32F2O5S/c28-24(29)5-3-4-20-7-9-21(10-8-20)22-11-13-23(14-12-22)37(32,33)27(15-18-34-19-16-27)26(31)30-36-25-6-1-2-17-35-25;1-25(2,3)33-24(29)26(15-17-32-18-16-26)34(30,31)22-13-11-21(12-14-22)20-9-7-19(8-10-20)5-4-6-23(27)28/h7-14,24-25H,1-6,15-19H2,(H,30,31);7-14,23H,4-6,15-18H2,1-3H3. The summed E-state index contributed by atoms with van der Waals surface area (Å²) in [5.74, 6) is -1.45. The molecule has 3 aliphatic rings. The van der Waals surface area contributed by atoms with E-state index in [0.717, 1.165) is 46.2 Å². The number of sulfone groups is 2. The van der Waals surface area contributed by atoms with Gasteiger partial charge in [-0.25, -0.2) is 44.7 Å². The average Bonchev–Trinajstić information content (AvgIpc) is 3.36. The molecule has 0 radical (unpaired) electrons. The molecule has 0 aliphatic carbocycles. The van der Waals surface area contributed by atoms with Crippen LogP contribution in [0.15, 0.2) is 107 Å². The van der Waals surface area contributed by atoms with Crippen molar-refractivity contribution < 1.29 is 67.8 Å². The lowest BCUT2D eigenvalue weighted by atomic mass is 9.98. The molecule has 3 aliphatic heterocycles. The molecule has 0 saturated carbocycles. The van der Waals surface area contributed by atoms with Crippen LogP contribution in [0.4, 0.5) is 17.6 Å². The number of alkyl halides is 4. The number of hydrogen-bond acceptors (Lipinski definition) is 11. The Morgan fingerprint density at radius 3 is 1.38 bits per heavy atom. The van der Waals surface area contributed by atoms with Crippen LogP contribution in [0.3, 0.4) is 0 Å². The summed E-state index contributed by atoms with van der Waals surface area (Å²) in [4.78, 5) is 31.9. The molecule has 3 saturated heterocycles. The van der Waals surface area contributed by atoms with Crippen molar-refractivity contribution in [1.82, 2.24) is 5.48 Å². The minimum Gasteiger partial charge on any atom is -0.459 e. The van der Waals surface area contributed by atoms with Crippen LogP contribution in [0.5, 0.6) is 0 Å². The van der Waals surface area contributed by atoms with Crippen molar-refractivity contribution in [3.63, 3.8) is 0 Å². The highest BCUT2D eigenvalue weighted by Crippen LogP contribution is 2.39. The summed E-state index contributed by atoms with van der Waals surface area (Å²) < 4.78 is 123. The molecule has 4 aromatic carbocycles. The Morgan fingerprint density at radius 2 is 1.00 bits per heavy atom. The predicted molar refractivity (Wildman–Crippen MR) is 260 cm³/mol. The van der Waals surface area contributed by atoms with E-state index < -0.39 is 65.8 Å². The van der Waals surface area contributed by atoms with Gasteiger partial charge in [0.15, 0.2) is 35.5 Å². The smallest absolute Gasteiger partial charge is 0.328 e. The Balaban J connectivity index is 0.000000233. The molecule has 388 valence electrons. The monoisotopic (exact) mass is 1030 g/mol. The van der Waals surface area contributed by atoms with Gasteiger partial charge in [0.05, 0.1) is 9.79 Å². The van der Waals surface area contributed by atoms with Gasteiger partial charge in [-0.15, -0.1) is 0 Å². The molecule has 7 rings (SSSR count). The highest BCUT2D eigenvalue weighted by atomic mass is 32.2. The highest BCUT2D eigenvalue weighted by molar-refractivity contribution is 7.94. The molecular weight excluding hydrogens is 967 g/mol. The van der Waals surface area contributed by atoms with Crippen LogP contribution in [0, 0.1) is 0 Å². The molecule has 18 heteroatoms. The van der Waals surface area contributed by atoms with Gasteiger partial charge in [0.25, 0.3) is 5.91 Å². The van der Waals surface area contributed by atoms with Gasteiger partial charge >= 0.3 is 5.97 Å². The molecule has 3 fully saturated rings. The van der Waals surface area contributed by atoms with Gasteiger partial charge < -0.3 is 18.9 Å². The third-order valence-corrected chi connectivity index (χ3v) is 17.9. The first-order chi connectivity index (χ1) is 33.8. The molecule has 1 unspecified atom stereocenters. The number of halogens is 4. The van der Waals surface area contributed by atoms with Crippen LogP contribution in [0.1, 0.15) is 103 Å². The van der Waals surface area contributed by atoms with Crippen molar-refractivity contribution >= 4 is 31.6 Å². The number of benzene rings is 4. The van der Waals surface area contributed by atoms with E-state index >= 15 is 0 Å². The maximum Gasteiger partial charge on any atom is 0.328 e. The number of esters is 1. The van der Waals surface area contributed by atoms with E-state index in [-0.39, 0.29) is 74.7 Å². The Bertz CT molecular complexity index is 2550. The van der Waals surface area contributed by atoms with E-state index in [4.69, 9.17) is 23.8 Å². The Morgan fingerprint density at radius 1 is 0.606 bits per heavy atom. The zero-order valence-corrected chi connectivity index (χ0v) is 42.1. The molecule has 1 atom stereocenters. The zero-order chi connectivity index (χ0) is 51.3. The van der Waals surface area contributed by atoms with Gasteiger partial charge in [0.1, 0.15) is 5.60 Å². The zero-order valence-electron chi connectivity index (χ0n) is 40.5. The number of rotatable bonds is 18. The van der Waals surface area contributed by atoms with Crippen LogP contribution in [-0.4, -0.2) is 96.0 Å². The van der Waals surface area contributed by atoms with E-state index in [1.807, 2.05) is 48.5 Å². The third-order valence-electron chi connectivity index (χ3n) is 12.9. The number of carbonyl (C=O) groups is 2. The number of aryl methyl sites for hydroxylation is 2. The van der Waals surface area contributed by atoms with E-state index in [1.54, 1.807) is 45.0 Å². The number of hydroxylamine groups is 1. The first-order valence-corrected chi connectivity index (χ1v) is 27.1. The van der Waals surface area contributed by atoms with Crippen molar-refractivity contribution in [3.05, 3.63) is 108 Å². The fraction of sp³-hybridized carbons (Fsp3) is 0.509. The summed E-state index contributed by atoms with van der Waals surface area (Å²) in [6, 6.07) is 28.0. The summed E-state index contributed by atoms with van der Waals surface area (Å²) in [6.45, 7) is 6.30. The molecule has 1 amide bonds. The lowest BCUT2D eigenvalue weighted by Gasteiger charge is -2.36. The average molecular weight is 1030 g/mol. The Labute approximate surface area is 414 Å². The fourth-order valence-corrected chi connectivity index (χ4v) is 12.6. The topological polar surface area (TPSA) is 161 Å². The summed E-state index contributed by atoms with van der Waals surface area (Å²) in [5, 5.41) is 0. The molecule has 71 heavy (non-hydrogen) atoms. The van der Waals surface area contributed by atoms with E-state index in [0.29, 0.717) is 38.7 Å². The van der Waals surface area contributed by atoms with Crippen LogP contribution in [0.25, 0.3) is 22.3 Å². The summed E-state index contributed by atoms with van der Waals surface area (Å²) >= 11 is 0. The molecule has 3 heterocycles. The van der Waals surface area contributed by atoms with Gasteiger partial charge in [0.2, 0.25) is 12.9 Å². The third kappa shape index (κ3) is 14.3. The predicted octanol–water partition coefficient (Wildman–Crippen LogP) is 10.4. The van der Waals surface area contributed by atoms with Crippen molar-refractivity contribution in [2.75, 3.05) is 33.0 Å². The van der Waals surface area contributed by atoms with Gasteiger partial charge in [-0.1, -0.05) is 72.8 Å². The number of carbonyl (C=O) groups excluding carboxylic acids is 2.